The number of alkyl halides is 3. The Bertz CT molecular complexity index is 383. The molecule has 0 saturated heterocycles. The minimum atomic E-state index is -4.24. The molecule has 19 heavy (non-hydrogen) atoms. The molecule has 1 aromatic heterocycles. The molecule has 0 unspecified atom stereocenters. The molecular weight excluding hydrogens is 257 g/mol. The van der Waals surface area contributed by atoms with Crippen molar-refractivity contribution in [2.24, 2.45) is 0 Å². The molecule has 4 nitrogen and oxygen atoms in total. The van der Waals surface area contributed by atoms with Gasteiger partial charge in [-0.3, -0.25) is 0 Å². The van der Waals surface area contributed by atoms with Gasteiger partial charge in [0.05, 0.1) is 17.6 Å². The first-order valence-electron chi connectivity index (χ1n) is 5.24. The number of nitrogens with one attached hydrogen (secondary N) is 3. The number of H-pyrrole nitrogens is 1. The zero-order chi connectivity index (χ0) is 15.5. The third-order valence-corrected chi connectivity index (χ3v) is 1.53. The maximum Gasteiger partial charge on any atom is 0.405 e. The first-order valence-corrected chi connectivity index (χ1v) is 5.24. The second-order valence-electron chi connectivity index (χ2n) is 3.24. The minimum Gasteiger partial charge on any atom is -0.375 e. The lowest BCUT2D eigenvalue weighted by molar-refractivity contribution is -0.122. The highest BCUT2D eigenvalue weighted by Crippen LogP contribution is 2.14. The number of hydrogen-bond acceptors (Lipinski definition) is 3. The molecule has 0 aliphatic carbocycles. The van der Waals surface area contributed by atoms with E-state index in [1.807, 2.05) is 6.92 Å². The maximum absolute atomic E-state index is 11.8. The second kappa shape index (κ2) is 9.93. The van der Waals surface area contributed by atoms with Crippen LogP contribution in [0.1, 0.15) is 18.4 Å². The average Bonchev–Trinajstić information content (AvgIpc) is 2.76. The van der Waals surface area contributed by atoms with Gasteiger partial charge in [-0.05, 0) is 20.6 Å². The van der Waals surface area contributed by atoms with Crippen molar-refractivity contribution in [3.05, 3.63) is 36.9 Å². The fourth-order valence-corrected chi connectivity index (χ4v) is 0.876. The molecule has 7 heteroatoms. The van der Waals surface area contributed by atoms with Gasteiger partial charge in [0.25, 0.3) is 0 Å². The Morgan fingerprint density at radius 1 is 1.53 bits per heavy atom. The van der Waals surface area contributed by atoms with Crippen molar-refractivity contribution in [1.29, 1.82) is 5.41 Å². The number of aryl methyl sites for hydroxylation is 1. The first kappa shape index (κ1) is 19.3. The van der Waals surface area contributed by atoms with Gasteiger partial charge in [-0.25, -0.2) is 4.98 Å². The van der Waals surface area contributed by atoms with Gasteiger partial charge in [-0.2, -0.15) is 13.2 Å². The quantitative estimate of drug-likeness (QED) is 0.586. The summed E-state index contributed by atoms with van der Waals surface area (Å²) in [6.07, 6.45) is -1.06. The summed E-state index contributed by atoms with van der Waals surface area (Å²) in [7, 11) is 0. The summed E-state index contributed by atoms with van der Waals surface area (Å²) >= 11 is 0. The standard InChI is InChI=1S/C8H10F3N3.C3H6.CH3N/c1-5(13-4-8(9,10)11)7-3-12-6(2)14-7;1-3-2;1-2/h3,13H,1,4H2,2H3,(H,12,14);3H,1H2,2H3;2H,1H2. The zero-order valence-electron chi connectivity index (χ0n) is 11.1. The van der Waals surface area contributed by atoms with E-state index in [0.29, 0.717) is 11.5 Å². The molecule has 0 fully saturated rings. The second-order valence-corrected chi connectivity index (χ2v) is 3.24. The van der Waals surface area contributed by atoms with Gasteiger partial charge in [-0.15, -0.1) is 6.58 Å². The van der Waals surface area contributed by atoms with Crippen molar-refractivity contribution in [2.45, 2.75) is 20.0 Å². The van der Waals surface area contributed by atoms with Crippen molar-refractivity contribution in [2.75, 3.05) is 6.54 Å². The van der Waals surface area contributed by atoms with Crippen LogP contribution in [0.25, 0.3) is 5.70 Å². The van der Waals surface area contributed by atoms with Gasteiger partial charge in [0.1, 0.15) is 12.4 Å². The van der Waals surface area contributed by atoms with Gasteiger partial charge in [0.2, 0.25) is 0 Å². The van der Waals surface area contributed by atoms with E-state index < -0.39 is 12.7 Å². The highest BCUT2D eigenvalue weighted by Gasteiger charge is 2.26. The van der Waals surface area contributed by atoms with Gasteiger partial charge in [0.15, 0.2) is 0 Å². The van der Waals surface area contributed by atoms with Crippen molar-refractivity contribution >= 4 is 12.4 Å². The van der Waals surface area contributed by atoms with Crippen LogP contribution in [0.15, 0.2) is 25.4 Å². The molecule has 0 atom stereocenters. The largest absolute Gasteiger partial charge is 0.405 e. The summed E-state index contributed by atoms with van der Waals surface area (Å²) in [5.74, 6) is 0.634. The highest BCUT2D eigenvalue weighted by molar-refractivity contribution is 5.57. The Kier molecular flexibility index (Phi) is 10.1. The molecule has 0 amide bonds. The fraction of sp³-hybridized carbons (Fsp3) is 0.333. The van der Waals surface area contributed by atoms with E-state index in [0.717, 1.165) is 0 Å². The predicted octanol–water partition coefficient (Wildman–Crippen LogP) is 3.30. The summed E-state index contributed by atoms with van der Waals surface area (Å²) in [5, 5.41) is 7.66. The number of hydrogen-bond donors (Lipinski definition) is 3. The van der Waals surface area contributed by atoms with Crippen LogP contribution in [0, 0.1) is 12.3 Å². The summed E-state index contributed by atoms with van der Waals surface area (Å²) < 4.78 is 35.4. The van der Waals surface area contributed by atoms with Gasteiger partial charge in [-0.1, -0.05) is 12.7 Å². The van der Waals surface area contributed by atoms with E-state index in [9.17, 15) is 13.2 Å². The number of allylic oxidation sites excluding steroid dienone is 1. The van der Waals surface area contributed by atoms with Crippen LogP contribution in [0.3, 0.4) is 0 Å². The zero-order valence-corrected chi connectivity index (χ0v) is 11.1. The molecule has 0 bridgehead atoms. The smallest absolute Gasteiger partial charge is 0.375 e. The van der Waals surface area contributed by atoms with Gasteiger partial charge in [0, 0.05) is 0 Å². The molecule has 0 spiro atoms. The molecule has 0 radical (unpaired) electrons. The molecule has 108 valence electrons. The Balaban J connectivity index is 0. The van der Waals surface area contributed by atoms with E-state index in [2.05, 4.69) is 35.2 Å². The molecule has 0 saturated carbocycles. The van der Waals surface area contributed by atoms with Gasteiger partial charge < -0.3 is 15.7 Å². The topological polar surface area (TPSA) is 64.6 Å². The molecule has 0 aromatic carbocycles. The van der Waals surface area contributed by atoms with Crippen LogP contribution >= 0.6 is 0 Å². The average molecular weight is 276 g/mol. The molecule has 3 N–H and O–H groups in total. The molecule has 0 aliphatic heterocycles. The lowest BCUT2D eigenvalue weighted by Crippen LogP contribution is -2.27. The van der Waals surface area contributed by atoms with E-state index in [-0.39, 0.29) is 5.70 Å². The van der Waals surface area contributed by atoms with Gasteiger partial charge >= 0.3 is 6.18 Å². The highest BCUT2D eigenvalue weighted by atomic mass is 19.4. The van der Waals surface area contributed by atoms with Crippen molar-refractivity contribution in [3.63, 3.8) is 0 Å². The first-order chi connectivity index (χ1) is 8.80. The number of rotatable bonds is 3. The lowest BCUT2D eigenvalue weighted by atomic mass is 10.3. The predicted molar refractivity (Wildman–Crippen MR) is 72.1 cm³/mol. The monoisotopic (exact) mass is 276 g/mol. The summed E-state index contributed by atoms with van der Waals surface area (Å²) in [6, 6.07) is 0. The molecule has 1 aromatic rings. The third-order valence-electron chi connectivity index (χ3n) is 1.53. The van der Waals surface area contributed by atoms with Crippen LogP contribution in [0.5, 0.6) is 0 Å². The molecule has 0 aliphatic rings. The van der Waals surface area contributed by atoms with E-state index in [4.69, 9.17) is 5.41 Å². The lowest BCUT2D eigenvalue weighted by Gasteiger charge is -2.10. The third kappa shape index (κ3) is 10.8. The number of halogens is 3. The Morgan fingerprint density at radius 2 is 2.00 bits per heavy atom. The van der Waals surface area contributed by atoms with Crippen molar-refractivity contribution < 1.29 is 13.2 Å². The Morgan fingerprint density at radius 3 is 2.32 bits per heavy atom. The Hall–Kier alpha value is -2.05. The van der Waals surface area contributed by atoms with E-state index in [1.165, 1.54) is 6.20 Å². The molecule has 1 rings (SSSR count). The van der Waals surface area contributed by atoms with E-state index in [1.54, 1.807) is 13.0 Å². The number of nitrogens with zero attached hydrogens (tertiary/aromatic N) is 1. The van der Waals surface area contributed by atoms with Crippen LogP contribution in [0.4, 0.5) is 13.2 Å². The minimum absolute atomic E-state index is 0.183. The molecular formula is C12H19F3N4. The summed E-state index contributed by atoms with van der Waals surface area (Å²) in [5.41, 5.74) is 0.648. The summed E-state index contributed by atoms with van der Waals surface area (Å²) in [6.45, 7) is 11.8. The number of aromatic amines is 1. The summed E-state index contributed by atoms with van der Waals surface area (Å²) in [4.78, 5) is 6.62. The fourth-order valence-electron chi connectivity index (χ4n) is 0.876. The van der Waals surface area contributed by atoms with Crippen LogP contribution in [0.2, 0.25) is 0 Å². The van der Waals surface area contributed by atoms with Crippen LogP contribution < -0.4 is 5.32 Å². The normalized spacial score (nSPS) is 9.32. The van der Waals surface area contributed by atoms with Crippen LogP contribution in [-0.2, 0) is 0 Å². The van der Waals surface area contributed by atoms with Crippen LogP contribution in [-0.4, -0.2) is 29.4 Å². The van der Waals surface area contributed by atoms with Crippen molar-refractivity contribution in [1.82, 2.24) is 15.3 Å². The van der Waals surface area contributed by atoms with E-state index >= 15 is 0 Å². The Labute approximate surface area is 111 Å². The number of imidazole rings is 1. The molecule has 1 heterocycles. The SMILES string of the molecule is C=C(NCC(F)(F)F)c1cnc(C)[nH]1.C=CC.C=N. The maximum atomic E-state index is 11.8. The van der Waals surface area contributed by atoms with Crippen molar-refractivity contribution in [3.8, 4) is 0 Å². The number of aromatic nitrogens is 2.